The van der Waals surface area contributed by atoms with E-state index in [1.54, 1.807) is 0 Å². The molecule has 3 heteroatoms. The number of para-hydroxylation sites is 3. The molecule has 7 aromatic rings. The van der Waals surface area contributed by atoms with Crippen LogP contribution in [0.2, 0.25) is 0 Å². The van der Waals surface area contributed by atoms with Crippen LogP contribution in [0.1, 0.15) is 0 Å². The first-order chi connectivity index (χ1) is 14.9. The summed E-state index contributed by atoms with van der Waals surface area (Å²) < 4.78 is 2.38. The topological polar surface area (TPSA) is 33.6 Å². The summed E-state index contributed by atoms with van der Waals surface area (Å²) >= 11 is 0. The minimum absolute atomic E-state index is 1.05. The van der Waals surface area contributed by atoms with Crippen LogP contribution in [0.25, 0.3) is 60.2 Å². The minimum Gasteiger partial charge on any atom is -0.353 e. The smallest absolute Gasteiger partial charge is 0.0809 e. The van der Waals surface area contributed by atoms with Crippen LogP contribution in [-0.2, 0) is 0 Å². The van der Waals surface area contributed by atoms with Crippen molar-refractivity contribution in [2.75, 3.05) is 0 Å². The molecule has 3 heterocycles. The maximum Gasteiger partial charge on any atom is 0.0809 e. The van der Waals surface area contributed by atoms with Crippen LogP contribution in [0.5, 0.6) is 0 Å². The Balaban J connectivity index is 1.89. The van der Waals surface area contributed by atoms with Gasteiger partial charge in [0.2, 0.25) is 0 Å². The fourth-order valence-corrected chi connectivity index (χ4v) is 4.97. The molecule has 140 valence electrons. The lowest BCUT2D eigenvalue weighted by atomic mass is 10.0. The summed E-state index contributed by atoms with van der Waals surface area (Å²) in [5.74, 6) is 0. The number of benzene rings is 4. The van der Waals surface area contributed by atoms with Crippen molar-refractivity contribution in [1.82, 2.24) is 14.5 Å². The van der Waals surface area contributed by atoms with E-state index in [1.807, 2.05) is 12.3 Å². The number of aromatic nitrogens is 3. The van der Waals surface area contributed by atoms with E-state index in [-0.39, 0.29) is 0 Å². The highest BCUT2D eigenvalue weighted by Gasteiger charge is 2.21. The first-order valence-electron chi connectivity index (χ1n) is 10.2. The molecule has 0 saturated heterocycles. The fraction of sp³-hybridized carbons (Fsp3) is 0. The van der Waals surface area contributed by atoms with Crippen molar-refractivity contribution in [2.45, 2.75) is 0 Å². The summed E-state index contributed by atoms with van der Waals surface area (Å²) in [5, 5.41) is 6.08. The van der Waals surface area contributed by atoms with Crippen LogP contribution in [0.4, 0.5) is 0 Å². The monoisotopic (exact) mass is 383 g/mol. The number of nitrogens with one attached hydrogen (secondary N) is 1. The lowest BCUT2D eigenvalue weighted by Crippen LogP contribution is -1.94. The van der Waals surface area contributed by atoms with Gasteiger partial charge in [0, 0.05) is 44.3 Å². The lowest BCUT2D eigenvalue weighted by Gasteiger charge is -2.09. The van der Waals surface area contributed by atoms with Gasteiger partial charge in [-0.1, -0.05) is 60.7 Å². The Kier molecular flexibility index (Phi) is 3.00. The molecule has 0 spiro atoms. The zero-order valence-corrected chi connectivity index (χ0v) is 16.1. The van der Waals surface area contributed by atoms with Gasteiger partial charge in [-0.15, -0.1) is 0 Å². The van der Waals surface area contributed by atoms with E-state index in [4.69, 9.17) is 4.98 Å². The van der Waals surface area contributed by atoms with E-state index in [2.05, 4.69) is 94.5 Å². The number of H-pyrrole nitrogens is 1. The first kappa shape index (κ1) is 15.8. The molecule has 1 N–H and O–H groups in total. The van der Waals surface area contributed by atoms with Gasteiger partial charge in [-0.3, -0.25) is 4.98 Å². The molecule has 3 aromatic heterocycles. The van der Waals surface area contributed by atoms with Gasteiger partial charge in [-0.2, -0.15) is 0 Å². The Morgan fingerprint density at radius 1 is 0.633 bits per heavy atom. The maximum absolute atomic E-state index is 4.84. The van der Waals surface area contributed by atoms with Gasteiger partial charge in [0.05, 0.1) is 22.1 Å². The molecule has 3 nitrogen and oxygen atoms in total. The second kappa shape index (κ2) is 5.71. The average Bonchev–Trinajstić information content (AvgIpc) is 3.36. The summed E-state index contributed by atoms with van der Waals surface area (Å²) in [7, 11) is 0. The molecule has 0 amide bonds. The summed E-state index contributed by atoms with van der Waals surface area (Å²) in [6, 6.07) is 32.0. The third-order valence-corrected chi connectivity index (χ3v) is 6.15. The van der Waals surface area contributed by atoms with Crippen molar-refractivity contribution < 1.29 is 0 Å². The van der Waals surface area contributed by atoms with Crippen molar-refractivity contribution in [1.29, 1.82) is 0 Å². The van der Waals surface area contributed by atoms with Crippen molar-refractivity contribution in [2.24, 2.45) is 0 Å². The molecule has 0 atom stereocenters. The highest BCUT2D eigenvalue weighted by molar-refractivity contribution is 6.34. The molecule has 0 saturated carbocycles. The van der Waals surface area contributed by atoms with Gasteiger partial charge < -0.3 is 9.55 Å². The van der Waals surface area contributed by atoms with Gasteiger partial charge in [-0.25, -0.2) is 0 Å². The number of hydrogen-bond acceptors (Lipinski definition) is 1. The van der Waals surface area contributed by atoms with Crippen molar-refractivity contribution in [3.05, 3.63) is 97.2 Å². The molecule has 0 fully saturated rings. The van der Waals surface area contributed by atoms with E-state index in [0.29, 0.717) is 0 Å². The van der Waals surface area contributed by atoms with E-state index in [9.17, 15) is 0 Å². The molecule has 0 radical (unpaired) electrons. The minimum atomic E-state index is 1.05. The van der Waals surface area contributed by atoms with E-state index in [0.717, 1.165) is 22.2 Å². The number of fused-ring (bicyclic) bond motifs is 10. The molecular formula is C27H17N3. The quantitative estimate of drug-likeness (QED) is 0.326. The Morgan fingerprint density at radius 2 is 1.37 bits per heavy atom. The highest BCUT2D eigenvalue weighted by atomic mass is 15.0. The molecule has 7 rings (SSSR count). The van der Waals surface area contributed by atoms with Crippen LogP contribution in [0.15, 0.2) is 97.2 Å². The zero-order valence-electron chi connectivity index (χ0n) is 16.1. The van der Waals surface area contributed by atoms with Crippen LogP contribution >= 0.6 is 0 Å². The SMILES string of the molecule is c1ccc(-n2c3ccccc3c3c4cccnc4c4c5ccccc5[nH]c4c32)cc1. The Morgan fingerprint density at radius 3 is 2.27 bits per heavy atom. The Bertz CT molecular complexity index is 1740. The van der Waals surface area contributed by atoms with E-state index < -0.39 is 0 Å². The molecule has 0 aliphatic carbocycles. The normalized spacial score (nSPS) is 12.0. The second-order valence-corrected chi connectivity index (χ2v) is 7.73. The standard InChI is InChI=1S/C27H17N3/c1-2-9-17(10-3-1)30-22-15-7-5-12-19(22)23-20-13-8-16-28-25(20)24-18-11-4-6-14-21(18)29-26(24)27(23)30/h1-16,29H. The lowest BCUT2D eigenvalue weighted by molar-refractivity contribution is 1.18. The number of hydrogen-bond donors (Lipinski definition) is 1. The van der Waals surface area contributed by atoms with Crippen molar-refractivity contribution in [3.63, 3.8) is 0 Å². The molecule has 4 aromatic carbocycles. The molecule has 0 aliphatic heterocycles. The van der Waals surface area contributed by atoms with Crippen molar-refractivity contribution in [3.8, 4) is 5.69 Å². The van der Waals surface area contributed by atoms with Crippen LogP contribution < -0.4 is 0 Å². The van der Waals surface area contributed by atoms with Crippen LogP contribution in [0.3, 0.4) is 0 Å². The molecule has 0 bridgehead atoms. The largest absolute Gasteiger partial charge is 0.353 e. The van der Waals surface area contributed by atoms with Crippen molar-refractivity contribution >= 4 is 54.5 Å². The molecule has 0 unspecified atom stereocenters. The van der Waals surface area contributed by atoms with E-state index >= 15 is 0 Å². The first-order valence-corrected chi connectivity index (χ1v) is 10.2. The van der Waals surface area contributed by atoms with E-state index in [1.165, 1.54) is 38.0 Å². The van der Waals surface area contributed by atoms with Crippen LogP contribution in [0, 0.1) is 0 Å². The summed E-state index contributed by atoms with van der Waals surface area (Å²) in [6.45, 7) is 0. The predicted molar refractivity (Wildman–Crippen MR) is 125 cm³/mol. The Labute approximate surface area is 172 Å². The second-order valence-electron chi connectivity index (χ2n) is 7.73. The molecule has 30 heavy (non-hydrogen) atoms. The number of nitrogens with zero attached hydrogens (tertiary/aromatic N) is 2. The summed E-state index contributed by atoms with van der Waals surface area (Å²) in [4.78, 5) is 8.56. The molecule has 0 aliphatic rings. The third kappa shape index (κ3) is 1.91. The number of pyridine rings is 1. The predicted octanol–water partition coefficient (Wildman–Crippen LogP) is 6.97. The molecular weight excluding hydrogens is 366 g/mol. The fourth-order valence-electron chi connectivity index (χ4n) is 4.97. The zero-order chi connectivity index (χ0) is 19.7. The van der Waals surface area contributed by atoms with Gasteiger partial charge in [0.1, 0.15) is 0 Å². The highest BCUT2D eigenvalue weighted by Crippen LogP contribution is 2.43. The summed E-state index contributed by atoms with van der Waals surface area (Å²) in [6.07, 6.45) is 1.89. The van der Waals surface area contributed by atoms with Gasteiger partial charge in [-0.05, 0) is 30.3 Å². The Hall–Kier alpha value is -4.11. The van der Waals surface area contributed by atoms with Gasteiger partial charge in [0.15, 0.2) is 0 Å². The number of rotatable bonds is 1. The van der Waals surface area contributed by atoms with Gasteiger partial charge in [0.25, 0.3) is 0 Å². The maximum atomic E-state index is 4.84. The average molecular weight is 383 g/mol. The summed E-state index contributed by atoms with van der Waals surface area (Å²) in [5.41, 5.74) is 6.89. The number of aromatic amines is 1. The third-order valence-electron chi connectivity index (χ3n) is 6.15. The van der Waals surface area contributed by atoms with Crippen LogP contribution in [-0.4, -0.2) is 14.5 Å². The van der Waals surface area contributed by atoms with Gasteiger partial charge >= 0.3 is 0 Å².